The quantitative estimate of drug-likeness (QED) is 0.757. The highest BCUT2D eigenvalue weighted by Crippen LogP contribution is 2.17. The fraction of sp³-hybridized carbons (Fsp3) is 0.353. The molecule has 0 fully saturated rings. The first-order chi connectivity index (χ1) is 11.6. The molecule has 0 saturated heterocycles. The molecule has 0 saturated carbocycles. The Balaban J connectivity index is 1.62. The lowest BCUT2D eigenvalue weighted by Gasteiger charge is -2.18. The van der Waals surface area contributed by atoms with Gasteiger partial charge in [0.25, 0.3) is 0 Å². The minimum absolute atomic E-state index is 0.137. The first kappa shape index (κ1) is 16.0. The molecule has 0 aliphatic carbocycles. The normalized spacial score (nSPS) is 11.0. The number of anilines is 1. The Kier molecular flexibility index (Phi) is 4.50. The van der Waals surface area contributed by atoms with Gasteiger partial charge in [0.1, 0.15) is 11.6 Å². The maximum Gasteiger partial charge on any atom is 0.321 e. The van der Waals surface area contributed by atoms with Gasteiger partial charge in [0.15, 0.2) is 0 Å². The summed E-state index contributed by atoms with van der Waals surface area (Å²) in [4.78, 5) is 25.9. The molecule has 0 aliphatic rings. The summed E-state index contributed by atoms with van der Waals surface area (Å²) in [7, 11) is 1.78. The number of fused-ring (bicyclic) bond motifs is 1. The van der Waals surface area contributed by atoms with Gasteiger partial charge in [-0.2, -0.15) is 0 Å². The summed E-state index contributed by atoms with van der Waals surface area (Å²) in [5.74, 6) is 1.89. The van der Waals surface area contributed by atoms with Gasteiger partial charge in [0, 0.05) is 44.6 Å². The van der Waals surface area contributed by atoms with Crippen molar-refractivity contribution >= 4 is 22.8 Å². The van der Waals surface area contributed by atoms with E-state index in [4.69, 9.17) is 0 Å². The fourth-order valence-corrected chi connectivity index (χ4v) is 2.53. The van der Waals surface area contributed by atoms with Crippen LogP contribution in [-0.2, 0) is 13.0 Å². The van der Waals surface area contributed by atoms with Crippen LogP contribution in [0.5, 0.6) is 0 Å². The second-order valence-electron chi connectivity index (χ2n) is 5.79. The number of imidazole rings is 2. The van der Waals surface area contributed by atoms with E-state index in [2.05, 4.69) is 27.2 Å². The van der Waals surface area contributed by atoms with E-state index < -0.39 is 0 Å². The van der Waals surface area contributed by atoms with Gasteiger partial charge >= 0.3 is 6.03 Å². The Bertz CT molecular complexity index is 850. The van der Waals surface area contributed by atoms with Crippen molar-refractivity contribution in [2.24, 2.45) is 0 Å². The van der Waals surface area contributed by atoms with Crippen molar-refractivity contribution < 1.29 is 4.79 Å². The Morgan fingerprint density at radius 2 is 2.25 bits per heavy atom. The zero-order valence-electron chi connectivity index (χ0n) is 14.2. The van der Waals surface area contributed by atoms with Crippen LogP contribution < -0.4 is 5.32 Å². The average Bonchev–Trinajstić information content (AvgIpc) is 3.17. The Morgan fingerprint density at radius 1 is 1.42 bits per heavy atom. The molecule has 7 nitrogen and oxygen atoms in total. The largest absolute Gasteiger partial charge is 0.342 e. The third-order valence-electron chi connectivity index (χ3n) is 4.06. The third-order valence-corrected chi connectivity index (χ3v) is 4.06. The van der Waals surface area contributed by atoms with Gasteiger partial charge in [0.2, 0.25) is 0 Å². The van der Waals surface area contributed by atoms with Crippen LogP contribution in [-0.4, -0.2) is 44.0 Å². The predicted molar refractivity (Wildman–Crippen MR) is 94.1 cm³/mol. The molecular weight excluding hydrogens is 304 g/mol. The minimum Gasteiger partial charge on any atom is -0.342 e. The molecule has 2 amide bonds. The van der Waals surface area contributed by atoms with Crippen LogP contribution >= 0.6 is 0 Å². The molecular formula is C17H22N6O. The standard InChI is InChI=1S/C17H22N6O/c1-4-16-20-14-6-5-13(11-15(14)21-16)19-17(24)22(3)9-10-23-8-7-18-12(23)2/h5-8,11H,4,9-10H2,1-3H3,(H,19,24)(H,20,21). The number of nitrogens with zero attached hydrogens (tertiary/aromatic N) is 4. The van der Waals surface area contributed by atoms with E-state index in [9.17, 15) is 4.79 Å². The van der Waals surface area contributed by atoms with Crippen LogP contribution in [0, 0.1) is 6.92 Å². The summed E-state index contributed by atoms with van der Waals surface area (Å²) in [5, 5.41) is 2.92. The van der Waals surface area contributed by atoms with E-state index in [1.807, 2.05) is 35.9 Å². The lowest BCUT2D eigenvalue weighted by atomic mass is 10.3. The molecule has 0 aliphatic heterocycles. The van der Waals surface area contributed by atoms with E-state index in [-0.39, 0.29) is 6.03 Å². The highest BCUT2D eigenvalue weighted by atomic mass is 16.2. The van der Waals surface area contributed by atoms with Gasteiger partial charge in [-0.25, -0.2) is 14.8 Å². The van der Waals surface area contributed by atoms with Gasteiger partial charge in [-0.05, 0) is 25.1 Å². The molecule has 0 spiro atoms. The summed E-state index contributed by atoms with van der Waals surface area (Å²) < 4.78 is 2.02. The number of carbonyl (C=O) groups is 1. The molecule has 2 N–H and O–H groups in total. The highest BCUT2D eigenvalue weighted by molar-refractivity contribution is 5.91. The number of rotatable bonds is 5. The number of benzene rings is 1. The molecule has 7 heteroatoms. The number of aromatic amines is 1. The number of nitrogens with one attached hydrogen (secondary N) is 2. The van der Waals surface area contributed by atoms with Crippen molar-refractivity contribution in [2.45, 2.75) is 26.8 Å². The number of hydrogen-bond acceptors (Lipinski definition) is 3. The number of aromatic nitrogens is 4. The first-order valence-corrected chi connectivity index (χ1v) is 8.05. The first-order valence-electron chi connectivity index (χ1n) is 8.05. The van der Waals surface area contributed by atoms with Crippen LogP contribution in [0.2, 0.25) is 0 Å². The molecule has 2 aromatic heterocycles. The number of carbonyl (C=O) groups excluding carboxylic acids is 1. The van der Waals surface area contributed by atoms with Crippen molar-refractivity contribution in [3.8, 4) is 0 Å². The van der Waals surface area contributed by atoms with E-state index in [0.717, 1.165) is 41.3 Å². The smallest absolute Gasteiger partial charge is 0.321 e. The second-order valence-corrected chi connectivity index (χ2v) is 5.79. The molecule has 24 heavy (non-hydrogen) atoms. The topological polar surface area (TPSA) is 78.8 Å². The van der Waals surface area contributed by atoms with Gasteiger partial charge < -0.3 is 19.8 Å². The van der Waals surface area contributed by atoms with Crippen LogP contribution in [0.15, 0.2) is 30.6 Å². The summed E-state index contributed by atoms with van der Waals surface area (Å²) >= 11 is 0. The Morgan fingerprint density at radius 3 is 2.96 bits per heavy atom. The minimum atomic E-state index is -0.137. The van der Waals surface area contributed by atoms with Crippen molar-refractivity contribution in [3.63, 3.8) is 0 Å². The zero-order valence-corrected chi connectivity index (χ0v) is 14.2. The zero-order chi connectivity index (χ0) is 17.1. The van der Waals surface area contributed by atoms with Gasteiger partial charge in [-0.15, -0.1) is 0 Å². The molecule has 0 bridgehead atoms. The fourth-order valence-electron chi connectivity index (χ4n) is 2.53. The van der Waals surface area contributed by atoms with Gasteiger partial charge in [0.05, 0.1) is 11.0 Å². The number of aryl methyl sites for hydroxylation is 2. The SMILES string of the molecule is CCc1nc2ccc(NC(=O)N(C)CCn3ccnc3C)cc2[nH]1. The Hall–Kier alpha value is -2.83. The van der Waals surface area contributed by atoms with Crippen molar-refractivity contribution in [3.05, 3.63) is 42.2 Å². The van der Waals surface area contributed by atoms with E-state index in [1.165, 1.54) is 0 Å². The molecule has 3 aromatic rings. The molecule has 1 aromatic carbocycles. The van der Waals surface area contributed by atoms with Crippen LogP contribution in [0.4, 0.5) is 10.5 Å². The number of likely N-dealkylation sites (N-methyl/N-ethyl adjacent to an activating group) is 1. The maximum atomic E-state index is 12.3. The van der Waals surface area contributed by atoms with Crippen LogP contribution in [0.1, 0.15) is 18.6 Å². The molecule has 126 valence electrons. The van der Waals surface area contributed by atoms with E-state index >= 15 is 0 Å². The van der Waals surface area contributed by atoms with Crippen LogP contribution in [0.3, 0.4) is 0 Å². The Labute approximate surface area is 140 Å². The van der Waals surface area contributed by atoms with Gasteiger partial charge in [-0.1, -0.05) is 6.92 Å². The lowest BCUT2D eigenvalue weighted by molar-refractivity contribution is 0.220. The third kappa shape index (κ3) is 3.40. The van der Waals surface area contributed by atoms with Gasteiger partial charge in [-0.3, -0.25) is 0 Å². The second kappa shape index (κ2) is 6.74. The van der Waals surface area contributed by atoms with E-state index in [1.54, 1.807) is 18.1 Å². The summed E-state index contributed by atoms with van der Waals surface area (Å²) in [5.41, 5.74) is 2.60. The molecule has 0 unspecified atom stereocenters. The summed E-state index contributed by atoms with van der Waals surface area (Å²) in [6, 6.07) is 5.55. The predicted octanol–water partition coefficient (Wildman–Crippen LogP) is 2.79. The summed E-state index contributed by atoms with van der Waals surface area (Å²) in [6.45, 7) is 5.33. The highest BCUT2D eigenvalue weighted by Gasteiger charge is 2.10. The lowest BCUT2D eigenvalue weighted by Crippen LogP contribution is -2.33. The van der Waals surface area contributed by atoms with E-state index in [0.29, 0.717) is 6.54 Å². The molecule has 2 heterocycles. The number of urea groups is 1. The van der Waals surface area contributed by atoms with Crippen molar-refractivity contribution in [2.75, 3.05) is 18.9 Å². The monoisotopic (exact) mass is 326 g/mol. The molecule has 0 radical (unpaired) electrons. The van der Waals surface area contributed by atoms with Crippen LogP contribution in [0.25, 0.3) is 11.0 Å². The van der Waals surface area contributed by atoms with Crippen molar-refractivity contribution in [1.82, 2.24) is 24.4 Å². The van der Waals surface area contributed by atoms with Crippen molar-refractivity contribution in [1.29, 1.82) is 0 Å². The number of H-pyrrole nitrogens is 1. The maximum absolute atomic E-state index is 12.3. The molecule has 3 rings (SSSR count). The molecule has 0 atom stereocenters. The number of hydrogen-bond donors (Lipinski definition) is 2. The number of amides is 2. The average molecular weight is 326 g/mol. The summed E-state index contributed by atoms with van der Waals surface area (Å²) in [6.07, 6.45) is 4.53.